The van der Waals surface area contributed by atoms with Gasteiger partial charge in [-0.3, -0.25) is 14.5 Å². The fraction of sp³-hybridized carbons (Fsp3) is 0.143. The van der Waals surface area contributed by atoms with Gasteiger partial charge in [0.25, 0.3) is 11.8 Å². The summed E-state index contributed by atoms with van der Waals surface area (Å²) in [6.07, 6.45) is 1.98. The van der Waals surface area contributed by atoms with E-state index in [9.17, 15) is 14.4 Å². The first-order valence-corrected chi connectivity index (χ1v) is 10.3. The molecule has 0 fully saturated rings. The molecule has 1 aromatic heterocycles. The zero-order valence-corrected chi connectivity index (χ0v) is 17.1. The highest BCUT2D eigenvalue weighted by molar-refractivity contribution is 7.98. The van der Waals surface area contributed by atoms with Gasteiger partial charge in [-0.1, -0.05) is 17.7 Å². The Hall–Kier alpha value is -2.90. The molecule has 0 atom stereocenters. The smallest absolute Gasteiger partial charge is 0.338 e. The highest BCUT2D eigenvalue weighted by Crippen LogP contribution is 2.26. The molecule has 1 aliphatic rings. The second-order valence-corrected chi connectivity index (χ2v) is 7.74. The van der Waals surface area contributed by atoms with Crippen molar-refractivity contribution in [2.24, 2.45) is 0 Å². The monoisotopic (exact) mass is 426 g/mol. The number of thioether (sulfide) groups is 1. The van der Waals surface area contributed by atoms with Crippen LogP contribution in [0.15, 0.2) is 47.4 Å². The predicted molar refractivity (Wildman–Crippen MR) is 111 cm³/mol. The molecule has 6 nitrogen and oxygen atoms in total. The van der Waals surface area contributed by atoms with Crippen molar-refractivity contribution in [2.75, 3.05) is 13.3 Å². The molecule has 29 heavy (non-hydrogen) atoms. The van der Waals surface area contributed by atoms with E-state index in [2.05, 4.69) is 4.98 Å². The standard InChI is InChI=1S/C21H15ClN2O4S/c1-24-19(25)15-6-4-12(8-16(15)20(24)26)21(27)28-10-13-7-11-3-5-14(29-2)9-17(11)23-18(13)22/h3-9H,10H2,1-2H3. The highest BCUT2D eigenvalue weighted by Gasteiger charge is 2.33. The van der Waals surface area contributed by atoms with Crippen LogP contribution in [0.2, 0.25) is 5.15 Å². The number of hydrogen-bond acceptors (Lipinski definition) is 6. The first kappa shape index (κ1) is 19.4. The molecule has 0 N–H and O–H groups in total. The Balaban J connectivity index is 1.54. The van der Waals surface area contributed by atoms with E-state index in [0.29, 0.717) is 5.56 Å². The van der Waals surface area contributed by atoms with Crippen molar-refractivity contribution in [1.82, 2.24) is 9.88 Å². The van der Waals surface area contributed by atoms with Gasteiger partial charge in [0.1, 0.15) is 11.8 Å². The van der Waals surface area contributed by atoms with E-state index in [-0.39, 0.29) is 34.4 Å². The Morgan fingerprint density at radius 1 is 1.10 bits per heavy atom. The van der Waals surface area contributed by atoms with Crippen LogP contribution < -0.4 is 0 Å². The van der Waals surface area contributed by atoms with Gasteiger partial charge >= 0.3 is 5.97 Å². The molecule has 8 heteroatoms. The van der Waals surface area contributed by atoms with Crippen molar-refractivity contribution in [3.05, 3.63) is 69.9 Å². The van der Waals surface area contributed by atoms with Crippen LogP contribution in [0.3, 0.4) is 0 Å². The lowest BCUT2D eigenvalue weighted by molar-refractivity contribution is 0.0472. The number of pyridine rings is 1. The van der Waals surface area contributed by atoms with E-state index < -0.39 is 11.9 Å². The Bertz CT molecular complexity index is 1190. The third kappa shape index (κ3) is 3.47. The third-order valence-electron chi connectivity index (χ3n) is 4.74. The number of hydrogen-bond donors (Lipinski definition) is 0. The van der Waals surface area contributed by atoms with Crippen LogP contribution in [-0.2, 0) is 11.3 Å². The number of imide groups is 1. The zero-order chi connectivity index (χ0) is 20.7. The molecule has 0 radical (unpaired) electrons. The van der Waals surface area contributed by atoms with Crippen LogP contribution in [0, 0.1) is 0 Å². The first-order valence-electron chi connectivity index (χ1n) is 8.66. The van der Waals surface area contributed by atoms with Crippen LogP contribution in [0.25, 0.3) is 10.9 Å². The summed E-state index contributed by atoms with van der Waals surface area (Å²) in [5.74, 6) is -1.44. The molecule has 3 aromatic rings. The van der Waals surface area contributed by atoms with Gasteiger partial charge in [0.05, 0.1) is 22.2 Å². The Morgan fingerprint density at radius 2 is 1.86 bits per heavy atom. The number of carbonyl (C=O) groups is 3. The topological polar surface area (TPSA) is 76.6 Å². The Kier molecular flexibility index (Phi) is 5.02. The molecule has 1 aliphatic heterocycles. The van der Waals surface area contributed by atoms with E-state index in [1.54, 1.807) is 11.8 Å². The van der Waals surface area contributed by atoms with Crippen molar-refractivity contribution in [1.29, 1.82) is 0 Å². The van der Waals surface area contributed by atoms with Crippen LogP contribution in [0.4, 0.5) is 0 Å². The number of carbonyl (C=O) groups excluding carboxylic acids is 3. The van der Waals surface area contributed by atoms with Crippen molar-refractivity contribution >= 4 is 52.0 Å². The summed E-state index contributed by atoms with van der Waals surface area (Å²) in [5, 5.41) is 1.16. The van der Waals surface area contributed by atoms with Gasteiger partial charge in [-0.05, 0) is 42.7 Å². The molecule has 2 aromatic carbocycles. The average Bonchev–Trinajstić information content (AvgIpc) is 2.95. The molecule has 2 amide bonds. The van der Waals surface area contributed by atoms with E-state index in [4.69, 9.17) is 16.3 Å². The normalized spacial score (nSPS) is 13.1. The number of nitrogens with zero attached hydrogens (tertiary/aromatic N) is 2. The summed E-state index contributed by atoms with van der Waals surface area (Å²) in [4.78, 5) is 43.0. The summed E-state index contributed by atoms with van der Waals surface area (Å²) in [6.45, 7) is -0.0608. The zero-order valence-electron chi connectivity index (χ0n) is 15.6. The summed E-state index contributed by atoms with van der Waals surface area (Å²) in [6, 6.07) is 12.0. The van der Waals surface area contributed by atoms with E-state index in [1.165, 1.54) is 25.2 Å². The van der Waals surface area contributed by atoms with Gasteiger partial charge in [0, 0.05) is 22.9 Å². The van der Waals surface area contributed by atoms with Gasteiger partial charge in [-0.2, -0.15) is 0 Å². The number of rotatable bonds is 4. The Morgan fingerprint density at radius 3 is 2.62 bits per heavy atom. The average molecular weight is 427 g/mol. The maximum absolute atomic E-state index is 12.4. The summed E-state index contributed by atoms with van der Waals surface area (Å²) in [7, 11) is 1.40. The van der Waals surface area contributed by atoms with E-state index >= 15 is 0 Å². The van der Waals surface area contributed by atoms with Crippen LogP contribution in [0.1, 0.15) is 36.6 Å². The highest BCUT2D eigenvalue weighted by atomic mass is 35.5. The van der Waals surface area contributed by atoms with Gasteiger partial charge < -0.3 is 4.74 Å². The van der Waals surface area contributed by atoms with Gasteiger partial charge in [-0.25, -0.2) is 9.78 Å². The molecular weight excluding hydrogens is 412 g/mol. The van der Waals surface area contributed by atoms with Gasteiger partial charge in [0.2, 0.25) is 0 Å². The molecule has 0 saturated carbocycles. The molecular formula is C21H15ClN2O4S. The minimum atomic E-state index is -0.614. The number of aromatic nitrogens is 1. The largest absolute Gasteiger partial charge is 0.457 e. The van der Waals surface area contributed by atoms with Gasteiger partial charge in [0.15, 0.2) is 0 Å². The Labute approximate surface area is 175 Å². The number of fused-ring (bicyclic) bond motifs is 2. The SMILES string of the molecule is CSc1ccc2cc(COC(=O)c3ccc4c(c3)C(=O)N(C)C4=O)c(Cl)nc2c1. The second kappa shape index (κ2) is 7.50. The van der Waals surface area contributed by atoms with Crippen molar-refractivity contribution in [2.45, 2.75) is 11.5 Å². The van der Waals surface area contributed by atoms with E-state index in [1.807, 2.05) is 30.5 Å². The molecule has 4 rings (SSSR count). The maximum Gasteiger partial charge on any atom is 0.338 e. The fourth-order valence-corrected chi connectivity index (χ4v) is 3.74. The maximum atomic E-state index is 12.4. The minimum Gasteiger partial charge on any atom is -0.457 e. The van der Waals surface area contributed by atoms with Crippen molar-refractivity contribution in [3.63, 3.8) is 0 Å². The molecule has 2 heterocycles. The molecule has 146 valence electrons. The third-order valence-corrected chi connectivity index (χ3v) is 5.79. The van der Waals surface area contributed by atoms with Crippen molar-refractivity contribution < 1.29 is 19.1 Å². The number of benzene rings is 2. The number of halogens is 1. The van der Waals surface area contributed by atoms with Crippen LogP contribution >= 0.6 is 23.4 Å². The summed E-state index contributed by atoms with van der Waals surface area (Å²) >= 11 is 7.87. The quantitative estimate of drug-likeness (QED) is 0.269. The lowest BCUT2D eigenvalue weighted by Crippen LogP contribution is -2.24. The summed E-state index contributed by atoms with van der Waals surface area (Å²) < 4.78 is 5.36. The number of esters is 1. The minimum absolute atomic E-state index is 0.0608. The van der Waals surface area contributed by atoms with E-state index in [0.717, 1.165) is 20.7 Å². The predicted octanol–water partition coefficient (Wildman–Crippen LogP) is 4.19. The second-order valence-electron chi connectivity index (χ2n) is 6.50. The first-order chi connectivity index (χ1) is 13.9. The molecule has 0 spiro atoms. The molecule has 0 bridgehead atoms. The lowest BCUT2D eigenvalue weighted by Gasteiger charge is -2.09. The van der Waals surface area contributed by atoms with Crippen molar-refractivity contribution in [3.8, 4) is 0 Å². The summed E-state index contributed by atoms with van der Waals surface area (Å²) in [5.41, 5.74) is 2.01. The fourth-order valence-electron chi connectivity index (χ4n) is 3.11. The van der Waals surface area contributed by atoms with Crippen LogP contribution in [-0.4, -0.2) is 41.0 Å². The molecule has 0 saturated heterocycles. The molecule has 0 unspecified atom stereocenters. The van der Waals surface area contributed by atoms with Gasteiger partial charge in [-0.15, -0.1) is 11.8 Å². The molecule has 0 aliphatic carbocycles. The number of amides is 2. The number of ether oxygens (including phenoxy) is 1. The van der Waals surface area contributed by atoms with Crippen LogP contribution in [0.5, 0.6) is 0 Å². The lowest BCUT2D eigenvalue weighted by atomic mass is 10.1.